The zero-order valence-electron chi connectivity index (χ0n) is 7.33. The van der Waals surface area contributed by atoms with Gasteiger partial charge >= 0.3 is 0 Å². The van der Waals surface area contributed by atoms with Crippen molar-refractivity contribution < 1.29 is 5.11 Å². The Morgan fingerprint density at radius 1 is 1.33 bits per heavy atom. The fraction of sp³-hybridized carbons (Fsp3) is 0.200. The number of rotatable bonds is 2. The molecule has 2 nitrogen and oxygen atoms in total. The SMILES string of the molecule is CC(C)=CNC(O)=C1C=CC=C1. The Balaban J connectivity index is 2.64. The maximum Gasteiger partial charge on any atom is 0.195 e. The summed E-state index contributed by atoms with van der Waals surface area (Å²) < 4.78 is 0. The van der Waals surface area contributed by atoms with Crippen LogP contribution in [0.4, 0.5) is 0 Å². The third kappa shape index (κ3) is 2.31. The van der Waals surface area contributed by atoms with E-state index >= 15 is 0 Å². The van der Waals surface area contributed by atoms with Crippen LogP contribution < -0.4 is 5.32 Å². The molecule has 1 aliphatic rings. The molecule has 0 aromatic rings. The van der Waals surface area contributed by atoms with Crippen LogP contribution in [-0.4, -0.2) is 5.11 Å². The van der Waals surface area contributed by atoms with Crippen molar-refractivity contribution >= 4 is 0 Å². The Bertz CT molecular complexity index is 264. The molecule has 0 radical (unpaired) electrons. The smallest absolute Gasteiger partial charge is 0.195 e. The molecule has 0 saturated carbocycles. The molecule has 64 valence electrons. The first-order valence-corrected chi connectivity index (χ1v) is 3.88. The van der Waals surface area contributed by atoms with Crippen molar-refractivity contribution in [3.8, 4) is 0 Å². The molecule has 0 amide bonds. The number of nitrogens with one attached hydrogen (secondary N) is 1. The minimum Gasteiger partial charge on any atom is -0.494 e. The Labute approximate surface area is 72.6 Å². The van der Waals surface area contributed by atoms with Gasteiger partial charge in [-0.3, -0.25) is 0 Å². The molecule has 0 saturated heterocycles. The van der Waals surface area contributed by atoms with Crippen LogP contribution in [0.5, 0.6) is 0 Å². The summed E-state index contributed by atoms with van der Waals surface area (Å²) in [5.41, 5.74) is 1.93. The lowest BCUT2D eigenvalue weighted by molar-refractivity contribution is 0.379. The maximum atomic E-state index is 9.42. The van der Waals surface area contributed by atoms with Crippen LogP contribution in [-0.2, 0) is 0 Å². The summed E-state index contributed by atoms with van der Waals surface area (Å²) in [4.78, 5) is 0. The van der Waals surface area contributed by atoms with E-state index < -0.39 is 0 Å². The van der Waals surface area contributed by atoms with Gasteiger partial charge in [-0.25, -0.2) is 0 Å². The highest BCUT2D eigenvalue weighted by molar-refractivity contribution is 5.41. The zero-order chi connectivity index (χ0) is 8.97. The molecule has 0 fully saturated rings. The molecule has 0 aliphatic heterocycles. The summed E-state index contributed by atoms with van der Waals surface area (Å²) >= 11 is 0. The number of allylic oxidation sites excluding steroid dienone is 6. The molecule has 1 aliphatic carbocycles. The quantitative estimate of drug-likeness (QED) is 0.612. The van der Waals surface area contributed by atoms with Gasteiger partial charge in [-0.15, -0.1) is 0 Å². The third-order valence-corrected chi connectivity index (χ3v) is 1.43. The maximum absolute atomic E-state index is 9.42. The molecule has 2 heteroatoms. The van der Waals surface area contributed by atoms with Gasteiger partial charge in [-0.2, -0.15) is 0 Å². The van der Waals surface area contributed by atoms with Crippen molar-refractivity contribution in [1.82, 2.24) is 5.32 Å². The van der Waals surface area contributed by atoms with Gasteiger partial charge in [0.05, 0.1) is 0 Å². The van der Waals surface area contributed by atoms with Crippen molar-refractivity contribution in [2.45, 2.75) is 13.8 Å². The Morgan fingerprint density at radius 2 is 1.92 bits per heavy atom. The van der Waals surface area contributed by atoms with E-state index in [4.69, 9.17) is 0 Å². The average Bonchev–Trinajstić information content (AvgIpc) is 2.51. The minimum atomic E-state index is 0.196. The largest absolute Gasteiger partial charge is 0.494 e. The summed E-state index contributed by atoms with van der Waals surface area (Å²) in [7, 11) is 0. The van der Waals surface area contributed by atoms with Crippen LogP contribution in [0.3, 0.4) is 0 Å². The topological polar surface area (TPSA) is 32.3 Å². The first-order valence-electron chi connectivity index (χ1n) is 3.88. The van der Waals surface area contributed by atoms with Gasteiger partial charge < -0.3 is 10.4 Å². The van der Waals surface area contributed by atoms with Crippen LogP contribution in [0, 0.1) is 0 Å². The zero-order valence-corrected chi connectivity index (χ0v) is 7.33. The fourth-order valence-corrected chi connectivity index (χ4v) is 0.828. The second-order valence-electron chi connectivity index (χ2n) is 2.89. The second kappa shape index (κ2) is 3.81. The normalized spacial score (nSPS) is 13.3. The highest BCUT2D eigenvalue weighted by atomic mass is 16.3. The molecular formula is C10H13NO. The molecule has 0 aromatic heterocycles. The van der Waals surface area contributed by atoms with Crippen LogP contribution in [0.25, 0.3) is 0 Å². The monoisotopic (exact) mass is 163 g/mol. The van der Waals surface area contributed by atoms with Gasteiger partial charge in [0, 0.05) is 11.8 Å². The lowest BCUT2D eigenvalue weighted by atomic mass is 10.3. The first-order chi connectivity index (χ1) is 5.70. The van der Waals surface area contributed by atoms with Gasteiger partial charge in [0.1, 0.15) is 0 Å². The van der Waals surface area contributed by atoms with E-state index in [2.05, 4.69) is 5.32 Å². The van der Waals surface area contributed by atoms with Crippen molar-refractivity contribution in [2.75, 3.05) is 0 Å². The number of aliphatic hydroxyl groups is 1. The fourth-order valence-electron chi connectivity index (χ4n) is 0.828. The summed E-state index contributed by atoms with van der Waals surface area (Å²) in [6, 6.07) is 0. The number of hydrogen-bond donors (Lipinski definition) is 2. The van der Waals surface area contributed by atoms with E-state index in [1.807, 2.05) is 38.2 Å². The van der Waals surface area contributed by atoms with E-state index in [-0.39, 0.29) is 5.88 Å². The van der Waals surface area contributed by atoms with Crippen LogP contribution in [0.2, 0.25) is 0 Å². The van der Waals surface area contributed by atoms with Gasteiger partial charge in [-0.05, 0) is 26.0 Å². The molecule has 12 heavy (non-hydrogen) atoms. The lowest BCUT2D eigenvalue weighted by Crippen LogP contribution is -2.06. The summed E-state index contributed by atoms with van der Waals surface area (Å²) in [5, 5.41) is 12.2. The van der Waals surface area contributed by atoms with Crippen molar-refractivity contribution in [2.24, 2.45) is 0 Å². The predicted molar refractivity (Wildman–Crippen MR) is 50.5 cm³/mol. The molecule has 0 bridgehead atoms. The predicted octanol–water partition coefficient (Wildman–Crippen LogP) is 2.40. The van der Waals surface area contributed by atoms with Crippen molar-refractivity contribution in [3.63, 3.8) is 0 Å². The van der Waals surface area contributed by atoms with Crippen molar-refractivity contribution in [3.05, 3.63) is 47.5 Å². The van der Waals surface area contributed by atoms with Crippen LogP contribution in [0.15, 0.2) is 47.5 Å². The van der Waals surface area contributed by atoms with Gasteiger partial charge in [0.15, 0.2) is 5.88 Å². The van der Waals surface area contributed by atoms with E-state index in [1.165, 1.54) is 0 Å². The van der Waals surface area contributed by atoms with E-state index in [0.717, 1.165) is 11.1 Å². The first kappa shape index (κ1) is 8.65. The van der Waals surface area contributed by atoms with Crippen molar-refractivity contribution in [1.29, 1.82) is 0 Å². The van der Waals surface area contributed by atoms with E-state index in [0.29, 0.717) is 0 Å². The van der Waals surface area contributed by atoms with Crippen LogP contribution in [0.1, 0.15) is 13.8 Å². The number of hydrogen-bond acceptors (Lipinski definition) is 2. The highest BCUT2D eigenvalue weighted by Crippen LogP contribution is 2.09. The van der Waals surface area contributed by atoms with E-state index in [9.17, 15) is 5.11 Å². The second-order valence-corrected chi connectivity index (χ2v) is 2.89. The van der Waals surface area contributed by atoms with Gasteiger partial charge in [0.2, 0.25) is 0 Å². The standard InChI is InChI=1S/C10H13NO/c1-8(2)7-11-10(12)9-5-3-4-6-9/h3-7,11-12H,1-2H3. The Kier molecular flexibility index (Phi) is 2.75. The third-order valence-electron chi connectivity index (χ3n) is 1.43. The molecule has 0 heterocycles. The summed E-state index contributed by atoms with van der Waals surface area (Å²) in [6.45, 7) is 3.93. The molecule has 0 atom stereocenters. The molecular weight excluding hydrogens is 150 g/mol. The molecule has 2 N–H and O–H groups in total. The number of aliphatic hydroxyl groups excluding tert-OH is 1. The lowest BCUT2D eigenvalue weighted by Gasteiger charge is -2.01. The summed E-state index contributed by atoms with van der Waals surface area (Å²) in [6.07, 6.45) is 9.23. The molecule has 0 unspecified atom stereocenters. The van der Waals surface area contributed by atoms with Gasteiger partial charge in [0.25, 0.3) is 0 Å². The minimum absolute atomic E-state index is 0.196. The molecule has 1 rings (SSSR count). The highest BCUT2D eigenvalue weighted by Gasteiger charge is 1.98. The molecule has 0 aromatic carbocycles. The van der Waals surface area contributed by atoms with Crippen LogP contribution >= 0.6 is 0 Å². The Morgan fingerprint density at radius 3 is 2.42 bits per heavy atom. The van der Waals surface area contributed by atoms with E-state index in [1.54, 1.807) is 6.20 Å². The molecule has 0 spiro atoms. The Hall–Kier alpha value is -1.44. The summed E-state index contributed by atoms with van der Waals surface area (Å²) in [5.74, 6) is 0.196. The van der Waals surface area contributed by atoms with Gasteiger partial charge in [-0.1, -0.05) is 17.7 Å². The average molecular weight is 163 g/mol.